The van der Waals surface area contributed by atoms with Crippen LogP contribution in [0.1, 0.15) is 19.8 Å². The molecule has 1 saturated carbocycles. The Labute approximate surface area is 113 Å². The van der Waals surface area contributed by atoms with Crippen molar-refractivity contribution >= 4 is 11.6 Å². The largest absolute Gasteiger partial charge is 0.497 e. The van der Waals surface area contributed by atoms with Gasteiger partial charge in [-0.2, -0.15) is 0 Å². The lowest BCUT2D eigenvalue weighted by Crippen LogP contribution is -2.52. The molecule has 1 aliphatic carbocycles. The van der Waals surface area contributed by atoms with Crippen LogP contribution in [0.4, 0.5) is 0 Å². The summed E-state index contributed by atoms with van der Waals surface area (Å²) in [6.45, 7) is 2.81. The third-order valence-electron chi connectivity index (χ3n) is 3.02. The van der Waals surface area contributed by atoms with Crippen LogP contribution in [-0.2, 0) is 4.74 Å². The van der Waals surface area contributed by atoms with E-state index in [-0.39, 0.29) is 17.6 Å². The van der Waals surface area contributed by atoms with Gasteiger partial charge in [0.25, 0.3) is 0 Å². The Morgan fingerprint density at radius 3 is 2.78 bits per heavy atom. The average molecular weight is 271 g/mol. The van der Waals surface area contributed by atoms with E-state index in [1.165, 1.54) is 0 Å². The molecule has 0 amide bonds. The lowest BCUT2D eigenvalue weighted by Gasteiger charge is -2.40. The monoisotopic (exact) mass is 270 g/mol. The van der Waals surface area contributed by atoms with Crippen molar-refractivity contribution in [3.8, 4) is 11.5 Å². The molecule has 0 spiro atoms. The number of rotatable bonds is 6. The van der Waals surface area contributed by atoms with Gasteiger partial charge in [0, 0.05) is 19.1 Å². The molecular weight excluding hydrogens is 252 g/mol. The normalized spacial score (nSPS) is 26.5. The molecule has 3 nitrogen and oxygen atoms in total. The lowest BCUT2D eigenvalue weighted by molar-refractivity contribution is -0.0798. The van der Waals surface area contributed by atoms with Crippen molar-refractivity contribution in [2.75, 3.05) is 13.7 Å². The van der Waals surface area contributed by atoms with Crippen LogP contribution >= 0.6 is 11.6 Å². The van der Waals surface area contributed by atoms with Crippen molar-refractivity contribution in [1.82, 2.24) is 0 Å². The number of hydrogen-bond acceptors (Lipinski definition) is 3. The summed E-state index contributed by atoms with van der Waals surface area (Å²) in [7, 11) is 1.64. The van der Waals surface area contributed by atoms with Crippen molar-refractivity contribution in [2.45, 2.75) is 37.4 Å². The van der Waals surface area contributed by atoms with E-state index in [0.717, 1.165) is 30.9 Å². The minimum absolute atomic E-state index is 0.00202. The molecule has 1 fully saturated rings. The Hall–Kier alpha value is -0.930. The second-order valence-electron chi connectivity index (χ2n) is 4.42. The fraction of sp³-hybridized carbons (Fsp3) is 0.571. The predicted molar refractivity (Wildman–Crippen MR) is 71.7 cm³/mol. The number of halogens is 1. The highest BCUT2D eigenvalue weighted by atomic mass is 35.5. The summed E-state index contributed by atoms with van der Waals surface area (Å²) in [5.74, 6) is 1.59. The quantitative estimate of drug-likeness (QED) is 0.743. The molecule has 100 valence electrons. The van der Waals surface area contributed by atoms with Gasteiger partial charge in [0.2, 0.25) is 0 Å². The Morgan fingerprint density at radius 2 is 2.11 bits per heavy atom. The van der Waals surface area contributed by atoms with Gasteiger partial charge >= 0.3 is 0 Å². The first-order valence-electron chi connectivity index (χ1n) is 6.31. The van der Waals surface area contributed by atoms with E-state index in [0.29, 0.717) is 0 Å². The van der Waals surface area contributed by atoms with Crippen LogP contribution in [0.5, 0.6) is 11.5 Å². The molecule has 18 heavy (non-hydrogen) atoms. The Kier molecular flexibility index (Phi) is 4.72. The maximum atomic E-state index is 6.14. The molecule has 0 radical (unpaired) electrons. The van der Waals surface area contributed by atoms with E-state index >= 15 is 0 Å². The third kappa shape index (κ3) is 3.09. The molecule has 2 rings (SSSR count). The highest BCUT2D eigenvalue weighted by Crippen LogP contribution is 2.33. The summed E-state index contributed by atoms with van der Waals surface area (Å²) in [6, 6.07) is 7.59. The first kappa shape index (κ1) is 13.5. The van der Waals surface area contributed by atoms with Crippen molar-refractivity contribution in [3.05, 3.63) is 24.3 Å². The molecular formula is C14H19ClO3. The Balaban J connectivity index is 1.92. The van der Waals surface area contributed by atoms with E-state index in [4.69, 9.17) is 25.8 Å². The molecule has 1 aromatic rings. The van der Waals surface area contributed by atoms with Crippen LogP contribution in [0.25, 0.3) is 0 Å². The van der Waals surface area contributed by atoms with Crippen molar-refractivity contribution in [2.24, 2.45) is 0 Å². The smallest absolute Gasteiger partial charge is 0.128 e. The number of methoxy groups -OCH3 is 1. The number of hydrogen-bond donors (Lipinski definition) is 0. The Bertz CT molecular complexity index is 383. The summed E-state index contributed by atoms with van der Waals surface area (Å²) in [5.41, 5.74) is 0. The standard InChI is InChI=1S/C14H19ClO3/c1-3-7-17-14-12(15)9-13(14)18-11-6-4-5-10(8-11)16-2/h4-6,8,12-14H,3,7,9H2,1-2H3. The number of alkyl halides is 1. The second kappa shape index (κ2) is 6.30. The number of ether oxygens (including phenoxy) is 3. The van der Waals surface area contributed by atoms with E-state index < -0.39 is 0 Å². The average Bonchev–Trinajstić information content (AvgIpc) is 2.39. The van der Waals surface area contributed by atoms with E-state index in [1.807, 2.05) is 24.3 Å². The molecule has 4 heteroatoms. The molecule has 0 saturated heterocycles. The first-order valence-corrected chi connectivity index (χ1v) is 6.74. The highest BCUT2D eigenvalue weighted by molar-refractivity contribution is 6.21. The lowest BCUT2D eigenvalue weighted by atomic mass is 9.91. The van der Waals surface area contributed by atoms with Crippen LogP contribution in [0, 0.1) is 0 Å². The van der Waals surface area contributed by atoms with E-state index in [2.05, 4.69) is 6.92 Å². The maximum Gasteiger partial charge on any atom is 0.128 e. The van der Waals surface area contributed by atoms with Crippen LogP contribution in [-0.4, -0.2) is 31.3 Å². The molecule has 3 atom stereocenters. The molecule has 3 unspecified atom stereocenters. The number of benzene rings is 1. The predicted octanol–water partition coefficient (Wildman–Crippen LogP) is 3.25. The molecule has 0 aromatic heterocycles. The molecule has 0 aliphatic heterocycles. The van der Waals surface area contributed by atoms with Gasteiger partial charge in [-0.1, -0.05) is 13.0 Å². The zero-order valence-electron chi connectivity index (χ0n) is 10.8. The van der Waals surface area contributed by atoms with Gasteiger partial charge in [0.15, 0.2) is 0 Å². The van der Waals surface area contributed by atoms with Gasteiger partial charge in [-0.25, -0.2) is 0 Å². The SMILES string of the molecule is CCCOC1C(Cl)CC1Oc1cccc(OC)c1. The fourth-order valence-electron chi connectivity index (χ4n) is 1.96. The Morgan fingerprint density at radius 1 is 1.33 bits per heavy atom. The van der Waals surface area contributed by atoms with Gasteiger partial charge in [0.05, 0.1) is 12.5 Å². The summed E-state index contributed by atoms with van der Waals surface area (Å²) < 4.78 is 16.7. The zero-order chi connectivity index (χ0) is 13.0. The molecule has 1 aliphatic rings. The fourth-order valence-corrected chi connectivity index (χ4v) is 2.37. The topological polar surface area (TPSA) is 27.7 Å². The summed E-state index contributed by atoms with van der Waals surface area (Å²) in [5, 5.41) is 0.0622. The first-order chi connectivity index (χ1) is 8.74. The van der Waals surface area contributed by atoms with E-state index in [9.17, 15) is 0 Å². The van der Waals surface area contributed by atoms with Gasteiger partial charge < -0.3 is 14.2 Å². The molecule has 1 aromatic carbocycles. The summed E-state index contributed by atoms with van der Waals surface area (Å²) >= 11 is 6.14. The van der Waals surface area contributed by atoms with Crippen molar-refractivity contribution in [3.63, 3.8) is 0 Å². The van der Waals surface area contributed by atoms with E-state index in [1.54, 1.807) is 7.11 Å². The minimum Gasteiger partial charge on any atom is -0.497 e. The molecule has 0 heterocycles. The van der Waals surface area contributed by atoms with Crippen molar-refractivity contribution < 1.29 is 14.2 Å². The minimum atomic E-state index is -0.00202. The van der Waals surface area contributed by atoms with Crippen LogP contribution in [0.2, 0.25) is 0 Å². The van der Waals surface area contributed by atoms with Gasteiger partial charge in [-0.15, -0.1) is 11.6 Å². The van der Waals surface area contributed by atoms with Crippen LogP contribution in [0.3, 0.4) is 0 Å². The van der Waals surface area contributed by atoms with Crippen LogP contribution < -0.4 is 9.47 Å². The third-order valence-corrected chi connectivity index (χ3v) is 3.45. The van der Waals surface area contributed by atoms with Crippen molar-refractivity contribution in [1.29, 1.82) is 0 Å². The molecule has 0 bridgehead atoms. The highest BCUT2D eigenvalue weighted by Gasteiger charge is 2.42. The summed E-state index contributed by atoms with van der Waals surface area (Å²) in [4.78, 5) is 0. The van der Waals surface area contributed by atoms with Gasteiger partial charge in [0.1, 0.15) is 23.7 Å². The zero-order valence-corrected chi connectivity index (χ0v) is 11.5. The molecule has 0 N–H and O–H groups in total. The van der Waals surface area contributed by atoms with Gasteiger partial charge in [-0.05, 0) is 18.6 Å². The van der Waals surface area contributed by atoms with Crippen LogP contribution in [0.15, 0.2) is 24.3 Å². The second-order valence-corrected chi connectivity index (χ2v) is 4.98. The van der Waals surface area contributed by atoms with Gasteiger partial charge in [-0.3, -0.25) is 0 Å². The summed E-state index contributed by atoms with van der Waals surface area (Å²) in [6.07, 6.45) is 1.86. The maximum absolute atomic E-state index is 6.14.